The fourth-order valence-electron chi connectivity index (χ4n) is 1.28. The number of ether oxygens (including phenoxy) is 1. The van der Waals surface area contributed by atoms with E-state index in [9.17, 15) is 0 Å². The van der Waals surface area contributed by atoms with Gasteiger partial charge in [-0.05, 0) is 29.0 Å². The minimum atomic E-state index is 0.471. The van der Waals surface area contributed by atoms with E-state index < -0.39 is 0 Å². The summed E-state index contributed by atoms with van der Waals surface area (Å²) < 4.78 is 6.50. The molecule has 0 aliphatic carbocycles. The summed E-state index contributed by atoms with van der Waals surface area (Å²) in [6.07, 6.45) is 3.41. The summed E-state index contributed by atoms with van der Waals surface area (Å²) in [5.41, 5.74) is 0.945. The minimum absolute atomic E-state index is 0.471. The highest BCUT2D eigenvalue weighted by Gasteiger charge is 2.02. The average molecular weight is 314 g/mol. The Morgan fingerprint density at radius 1 is 1.47 bits per heavy atom. The topological polar surface area (TPSA) is 47.0 Å². The van der Waals surface area contributed by atoms with Gasteiger partial charge in [-0.15, -0.1) is 11.3 Å². The van der Waals surface area contributed by atoms with Gasteiger partial charge < -0.3 is 10.1 Å². The number of nitrogens with zero attached hydrogens (tertiary/aromatic N) is 2. The molecule has 0 amide bonds. The van der Waals surface area contributed by atoms with E-state index >= 15 is 0 Å². The second-order valence-corrected chi connectivity index (χ2v) is 5.25. The van der Waals surface area contributed by atoms with Crippen molar-refractivity contribution in [1.82, 2.24) is 15.3 Å². The van der Waals surface area contributed by atoms with Crippen molar-refractivity contribution in [2.45, 2.75) is 13.2 Å². The third-order valence-electron chi connectivity index (χ3n) is 1.99. The number of nitrogens with one attached hydrogen (secondary N) is 1. The predicted octanol–water partition coefficient (Wildman–Crippen LogP) is 2.60. The van der Waals surface area contributed by atoms with Crippen LogP contribution in [0.2, 0.25) is 0 Å². The first-order valence-corrected chi connectivity index (χ1v) is 6.76. The third-order valence-corrected chi connectivity index (χ3v) is 3.33. The van der Waals surface area contributed by atoms with Crippen LogP contribution >= 0.6 is 27.3 Å². The van der Waals surface area contributed by atoms with Gasteiger partial charge in [-0.1, -0.05) is 0 Å². The fraction of sp³-hybridized carbons (Fsp3) is 0.273. The molecule has 0 aliphatic heterocycles. The van der Waals surface area contributed by atoms with Crippen LogP contribution in [-0.2, 0) is 13.2 Å². The summed E-state index contributed by atoms with van der Waals surface area (Å²) in [6.45, 7) is 1.27. The quantitative estimate of drug-likeness (QED) is 0.921. The highest BCUT2D eigenvalue weighted by atomic mass is 79.9. The van der Waals surface area contributed by atoms with Crippen molar-refractivity contribution in [2.24, 2.45) is 0 Å². The molecular formula is C11H12BrN3OS. The number of rotatable bonds is 5. The molecule has 0 saturated heterocycles. The predicted molar refractivity (Wildman–Crippen MR) is 71.1 cm³/mol. The maximum Gasteiger partial charge on any atom is 0.139 e. The number of thiazole rings is 1. The lowest BCUT2D eigenvalue weighted by Crippen LogP contribution is -2.05. The highest BCUT2D eigenvalue weighted by molar-refractivity contribution is 9.10. The lowest BCUT2D eigenvalue weighted by Gasteiger charge is -2.03. The molecule has 2 rings (SSSR count). The Hall–Kier alpha value is -0.980. The molecule has 0 aromatic carbocycles. The molecule has 2 aromatic rings. The minimum Gasteiger partial charge on any atom is -0.486 e. The van der Waals surface area contributed by atoms with Gasteiger partial charge >= 0.3 is 0 Å². The maximum atomic E-state index is 5.60. The first-order chi connectivity index (χ1) is 8.28. The van der Waals surface area contributed by atoms with Crippen molar-refractivity contribution in [3.63, 3.8) is 0 Å². The van der Waals surface area contributed by atoms with Crippen molar-refractivity contribution >= 4 is 27.3 Å². The molecule has 2 aromatic heterocycles. The molecule has 17 heavy (non-hydrogen) atoms. The first kappa shape index (κ1) is 12.5. The van der Waals surface area contributed by atoms with E-state index in [0.717, 1.165) is 27.5 Å². The number of pyridine rings is 1. The van der Waals surface area contributed by atoms with Gasteiger partial charge in [0.05, 0.1) is 11.9 Å². The summed E-state index contributed by atoms with van der Waals surface area (Å²) in [5.74, 6) is 0.738. The van der Waals surface area contributed by atoms with E-state index in [0.29, 0.717) is 6.61 Å². The molecule has 0 unspecified atom stereocenters. The van der Waals surface area contributed by atoms with E-state index in [1.54, 1.807) is 23.7 Å². The van der Waals surface area contributed by atoms with Gasteiger partial charge in [0.25, 0.3) is 0 Å². The maximum absolute atomic E-state index is 5.60. The van der Waals surface area contributed by atoms with Crippen LogP contribution in [-0.4, -0.2) is 17.0 Å². The van der Waals surface area contributed by atoms with Crippen molar-refractivity contribution in [3.05, 3.63) is 39.0 Å². The standard InChI is InChI=1S/C11H12BrN3OS/c1-13-5-11-15-9(7-17-11)6-16-10-2-8(12)3-14-4-10/h2-4,7,13H,5-6H2,1H3. The van der Waals surface area contributed by atoms with E-state index in [1.807, 2.05) is 18.5 Å². The van der Waals surface area contributed by atoms with Gasteiger partial charge in [-0.3, -0.25) is 4.98 Å². The Labute approximate surface area is 112 Å². The van der Waals surface area contributed by atoms with Crippen LogP contribution in [0.3, 0.4) is 0 Å². The smallest absolute Gasteiger partial charge is 0.139 e. The Bertz CT molecular complexity index is 489. The van der Waals surface area contributed by atoms with E-state index in [4.69, 9.17) is 4.74 Å². The molecule has 2 heterocycles. The molecule has 90 valence electrons. The molecule has 0 fully saturated rings. The van der Waals surface area contributed by atoms with Crippen LogP contribution in [0.5, 0.6) is 5.75 Å². The monoisotopic (exact) mass is 313 g/mol. The molecule has 0 bridgehead atoms. The van der Waals surface area contributed by atoms with Gasteiger partial charge in [0, 0.05) is 22.6 Å². The normalized spacial score (nSPS) is 10.5. The zero-order chi connectivity index (χ0) is 12.1. The number of hydrogen-bond acceptors (Lipinski definition) is 5. The Morgan fingerprint density at radius 2 is 2.35 bits per heavy atom. The number of hydrogen-bond donors (Lipinski definition) is 1. The van der Waals surface area contributed by atoms with Gasteiger partial charge in [0.15, 0.2) is 0 Å². The zero-order valence-electron chi connectivity index (χ0n) is 9.31. The summed E-state index contributed by atoms with van der Waals surface area (Å²) in [7, 11) is 1.91. The molecule has 0 radical (unpaired) electrons. The van der Waals surface area contributed by atoms with Gasteiger partial charge in [-0.25, -0.2) is 4.98 Å². The number of halogens is 1. The van der Waals surface area contributed by atoms with Crippen LogP contribution in [0.15, 0.2) is 28.3 Å². The van der Waals surface area contributed by atoms with Gasteiger partial charge in [0.2, 0.25) is 0 Å². The molecule has 0 atom stereocenters. The molecule has 0 spiro atoms. The van der Waals surface area contributed by atoms with Gasteiger partial charge in [-0.2, -0.15) is 0 Å². The van der Waals surface area contributed by atoms with Crippen molar-refractivity contribution in [3.8, 4) is 5.75 Å². The molecule has 0 saturated carbocycles. The van der Waals surface area contributed by atoms with E-state index in [-0.39, 0.29) is 0 Å². The van der Waals surface area contributed by atoms with Gasteiger partial charge in [0.1, 0.15) is 17.4 Å². The molecule has 6 heteroatoms. The Kier molecular flexibility index (Phi) is 4.47. The lowest BCUT2D eigenvalue weighted by atomic mass is 10.4. The van der Waals surface area contributed by atoms with Crippen molar-refractivity contribution in [1.29, 1.82) is 0 Å². The highest BCUT2D eigenvalue weighted by Crippen LogP contribution is 2.17. The molecule has 0 aliphatic rings. The molecule has 1 N–H and O–H groups in total. The summed E-state index contributed by atoms with van der Waals surface area (Å²) in [4.78, 5) is 8.47. The van der Waals surface area contributed by atoms with Crippen LogP contribution < -0.4 is 10.1 Å². The molecular weight excluding hydrogens is 302 g/mol. The lowest BCUT2D eigenvalue weighted by molar-refractivity contribution is 0.300. The summed E-state index contributed by atoms with van der Waals surface area (Å²) in [6, 6.07) is 1.88. The largest absolute Gasteiger partial charge is 0.486 e. The summed E-state index contributed by atoms with van der Waals surface area (Å²) >= 11 is 4.98. The summed E-state index contributed by atoms with van der Waals surface area (Å²) in [5, 5.41) is 6.15. The molecule has 4 nitrogen and oxygen atoms in total. The SMILES string of the molecule is CNCc1nc(COc2cncc(Br)c2)cs1. The van der Waals surface area contributed by atoms with E-state index in [2.05, 4.69) is 31.2 Å². The number of aromatic nitrogens is 2. The van der Waals surface area contributed by atoms with Crippen LogP contribution in [0.1, 0.15) is 10.7 Å². The average Bonchev–Trinajstić information content (AvgIpc) is 2.75. The fourth-order valence-corrected chi connectivity index (χ4v) is 2.41. The van der Waals surface area contributed by atoms with Crippen LogP contribution in [0.4, 0.5) is 0 Å². The third kappa shape index (κ3) is 3.76. The van der Waals surface area contributed by atoms with Crippen LogP contribution in [0, 0.1) is 0 Å². The first-order valence-electron chi connectivity index (χ1n) is 5.09. The van der Waals surface area contributed by atoms with Crippen molar-refractivity contribution in [2.75, 3.05) is 7.05 Å². The zero-order valence-corrected chi connectivity index (χ0v) is 11.7. The second kappa shape index (κ2) is 6.09. The van der Waals surface area contributed by atoms with Crippen molar-refractivity contribution < 1.29 is 4.74 Å². The second-order valence-electron chi connectivity index (χ2n) is 3.39. The Morgan fingerprint density at radius 3 is 3.12 bits per heavy atom. The van der Waals surface area contributed by atoms with Crippen LogP contribution in [0.25, 0.3) is 0 Å². The Balaban J connectivity index is 1.93. The van der Waals surface area contributed by atoms with E-state index in [1.165, 1.54) is 0 Å².